The lowest BCUT2D eigenvalue weighted by Crippen LogP contribution is -2.18. The molecule has 0 saturated carbocycles. The molecule has 0 atom stereocenters. The van der Waals surface area contributed by atoms with Gasteiger partial charge >= 0.3 is 0 Å². The molecule has 3 aliphatic rings. The third-order valence-electron chi connectivity index (χ3n) is 30.4. The van der Waals surface area contributed by atoms with E-state index in [4.69, 9.17) is 0 Å². The second-order valence-corrected chi connectivity index (χ2v) is 38.7. The maximum atomic E-state index is 2.51. The van der Waals surface area contributed by atoms with E-state index in [9.17, 15) is 0 Å². The van der Waals surface area contributed by atoms with Crippen LogP contribution >= 0.6 is 0 Å². The predicted octanol–water partition coefficient (Wildman–Crippen LogP) is 34.6. The number of rotatable bonds is 14. The Labute approximate surface area is 784 Å². The summed E-state index contributed by atoms with van der Waals surface area (Å²) in [5.74, 6) is 0. The van der Waals surface area contributed by atoms with E-state index in [0.29, 0.717) is 0 Å². The molecule has 0 bridgehead atoms. The van der Waals surface area contributed by atoms with Gasteiger partial charge in [0.15, 0.2) is 0 Å². The van der Waals surface area contributed by atoms with Crippen molar-refractivity contribution in [1.82, 2.24) is 18.3 Å². The fourth-order valence-electron chi connectivity index (χ4n) is 23.7. The summed E-state index contributed by atoms with van der Waals surface area (Å²) in [5.41, 5.74) is 44.9. The van der Waals surface area contributed by atoms with Gasteiger partial charge in [-0.3, -0.25) is 0 Å². The first-order valence-electron chi connectivity index (χ1n) is 47.3. The van der Waals surface area contributed by atoms with Crippen LogP contribution in [0.15, 0.2) is 449 Å². The predicted molar refractivity (Wildman–Crippen MR) is 568 cm³/mol. The maximum Gasteiger partial charge on any atom is 0.0547 e. The standard InChI is InChI=1S/C129H92N6/c1-127(2)112-73-85(87-55-67-110-108-36-19-22-40-119(108)133(125(110)75-87)90-31-14-9-15-32-90)53-65-99(112)100-69-61-94(77-113(100)127)131(95-62-70-102-103-71-63-96(79-116(103)129(5,6)115(102)78-95)134-120-41-23-16-33-105(120)106-34-17-24-42-121(106)134)92-56-49-82(50-57-92)81-45-47-84(48-46-81)98-38-26-44-123-126(98)111-37-20-25-43-122(111)135(123)97-64-72-104-101-68-60-93(76-114(101)128(3,4)117(104)80-97)130(88-27-10-7-11-28-88)91-58-51-83(52-59-91)86-54-66-109-107-35-18-21-39-118(107)132(124(109)74-86)89-29-12-8-13-30-89/h7-80H,1-6H3. The average Bonchev–Trinajstić information content (AvgIpc) is 1.55. The summed E-state index contributed by atoms with van der Waals surface area (Å²) in [6.45, 7) is 14.5. The minimum absolute atomic E-state index is 0.319. The summed E-state index contributed by atoms with van der Waals surface area (Å²) in [4.78, 5) is 4.92. The Morgan fingerprint density at radius 1 is 0.156 bits per heavy atom. The van der Waals surface area contributed by atoms with Crippen molar-refractivity contribution in [1.29, 1.82) is 0 Å². The molecule has 0 N–H and O–H groups in total. The van der Waals surface area contributed by atoms with Crippen molar-refractivity contribution in [2.45, 2.75) is 57.8 Å². The second kappa shape index (κ2) is 29.6. The van der Waals surface area contributed by atoms with Gasteiger partial charge in [0.2, 0.25) is 0 Å². The van der Waals surface area contributed by atoms with Gasteiger partial charge in [0.05, 0.1) is 44.1 Å². The number of para-hydroxylation sites is 8. The molecule has 6 nitrogen and oxygen atoms in total. The van der Waals surface area contributed by atoms with Gasteiger partial charge < -0.3 is 28.1 Å². The molecule has 638 valence electrons. The van der Waals surface area contributed by atoms with Gasteiger partial charge in [-0.05, 0) is 287 Å². The summed E-state index contributed by atoms with van der Waals surface area (Å²) in [5, 5.41) is 10.0. The summed E-state index contributed by atoms with van der Waals surface area (Å²) < 4.78 is 9.77. The van der Waals surface area contributed by atoms with Gasteiger partial charge in [-0.25, -0.2) is 0 Å². The molecule has 0 aliphatic heterocycles. The Morgan fingerprint density at radius 3 is 0.859 bits per heavy atom. The molecule has 0 spiro atoms. The van der Waals surface area contributed by atoms with Gasteiger partial charge in [0.1, 0.15) is 0 Å². The molecule has 24 aromatic rings. The fourth-order valence-corrected chi connectivity index (χ4v) is 23.7. The minimum atomic E-state index is -0.321. The van der Waals surface area contributed by atoms with E-state index in [1.165, 1.54) is 193 Å². The number of fused-ring (bicyclic) bond motifs is 21. The molecular formula is C129H92N6. The average molecular weight is 1730 g/mol. The molecule has 4 heterocycles. The summed E-state index contributed by atoms with van der Waals surface area (Å²) in [6.07, 6.45) is 0. The van der Waals surface area contributed by atoms with Crippen LogP contribution in [0.2, 0.25) is 0 Å². The molecule has 3 aliphatic carbocycles. The van der Waals surface area contributed by atoms with Crippen LogP contribution in [0.3, 0.4) is 0 Å². The van der Waals surface area contributed by atoms with Crippen LogP contribution in [-0.2, 0) is 16.2 Å². The Balaban J connectivity index is 0.507. The molecule has 0 fully saturated rings. The lowest BCUT2D eigenvalue weighted by atomic mass is 9.81. The first-order chi connectivity index (χ1) is 66.2. The normalized spacial score (nSPS) is 13.6. The van der Waals surface area contributed by atoms with E-state index in [-0.39, 0.29) is 16.2 Å². The van der Waals surface area contributed by atoms with Crippen LogP contribution in [0.4, 0.5) is 34.1 Å². The van der Waals surface area contributed by atoms with Crippen LogP contribution < -0.4 is 9.80 Å². The van der Waals surface area contributed by atoms with E-state index >= 15 is 0 Å². The van der Waals surface area contributed by atoms with Crippen LogP contribution in [0.5, 0.6) is 0 Å². The number of aromatic nitrogens is 4. The summed E-state index contributed by atoms with van der Waals surface area (Å²) in [7, 11) is 0. The van der Waals surface area contributed by atoms with Gasteiger partial charge in [-0.1, -0.05) is 315 Å². The number of anilines is 6. The van der Waals surface area contributed by atoms with Gasteiger partial charge in [-0.15, -0.1) is 0 Å². The molecule has 4 aromatic heterocycles. The van der Waals surface area contributed by atoms with Crippen LogP contribution in [0.1, 0.15) is 74.9 Å². The van der Waals surface area contributed by atoms with E-state index in [2.05, 4.69) is 519 Å². The maximum absolute atomic E-state index is 2.51. The van der Waals surface area contributed by atoms with Crippen molar-refractivity contribution < 1.29 is 0 Å². The van der Waals surface area contributed by atoms with Crippen molar-refractivity contribution in [2.75, 3.05) is 9.80 Å². The highest BCUT2D eigenvalue weighted by molar-refractivity contribution is 6.17. The van der Waals surface area contributed by atoms with Crippen LogP contribution in [-0.4, -0.2) is 18.3 Å². The summed E-state index contributed by atoms with van der Waals surface area (Å²) >= 11 is 0. The zero-order valence-corrected chi connectivity index (χ0v) is 75.9. The highest BCUT2D eigenvalue weighted by Gasteiger charge is 2.41. The monoisotopic (exact) mass is 1720 g/mol. The molecule has 0 amide bonds. The van der Waals surface area contributed by atoms with Crippen molar-refractivity contribution in [3.63, 3.8) is 0 Å². The molecule has 0 radical (unpaired) electrons. The zero-order valence-electron chi connectivity index (χ0n) is 75.9. The van der Waals surface area contributed by atoms with Crippen molar-refractivity contribution in [3.8, 4) is 101 Å². The van der Waals surface area contributed by atoms with Crippen molar-refractivity contribution >= 4 is 121 Å². The second-order valence-electron chi connectivity index (χ2n) is 38.7. The topological polar surface area (TPSA) is 26.2 Å². The van der Waals surface area contributed by atoms with Gasteiger partial charge in [-0.2, -0.15) is 0 Å². The van der Waals surface area contributed by atoms with E-state index < -0.39 is 0 Å². The number of hydrogen-bond donors (Lipinski definition) is 0. The van der Waals surface area contributed by atoms with Gasteiger partial charge in [0.25, 0.3) is 0 Å². The summed E-state index contributed by atoms with van der Waals surface area (Å²) in [6, 6.07) is 168. The quantitative estimate of drug-likeness (QED) is 0.108. The smallest absolute Gasteiger partial charge is 0.0547 e. The van der Waals surface area contributed by atoms with Gasteiger partial charge in [0, 0.05) is 116 Å². The van der Waals surface area contributed by atoms with Crippen molar-refractivity contribution in [2.24, 2.45) is 0 Å². The first kappa shape index (κ1) is 78.1. The lowest BCUT2D eigenvalue weighted by Gasteiger charge is -2.30. The SMILES string of the molecule is CC1(C)c2cc(-c3ccc4c5ccccc5n(-c5ccccc5)c4c3)ccc2-c2ccc(N(c3ccc(-c4ccc(-c5cccc6c5c5ccccc5n6-c5ccc6c(c5)C(C)(C)c5cc(N(c7ccccc7)c7ccc(-c8ccc9c%10ccccc%10n(-c%10ccccc%10)c9c8)cc7)ccc5-6)cc4)cc3)c3ccc4c(c3)C(C)(C)c3cc(-n5c6ccccc6c6ccccc65)ccc3-4)cc21. The number of nitrogens with zero attached hydrogens (tertiary/aromatic N) is 6. The third-order valence-corrected chi connectivity index (χ3v) is 30.4. The van der Waals surface area contributed by atoms with E-state index in [1.54, 1.807) is 0 Å². The first-order valence-corrected chi connectivity index (χ1v) is 47.3. The van der Waals surface area contributed by atoms with Crippen molar-refractivity contribution in [3.05, 3.63) is 482 Å². The number of hydrogen-bond acceptors (Lipinski definition) is 2. The Hall–Kier alpha value is -16.8. The molecule has 6 heteroatoms. The highest BCUT2D eigenvalue weighted by atomic mass is 15.2. The van der Waals surface area contributed by atoms with Crippen LogP contribution in [0, 0.1) is 0 Å². The van der Waals surface area contributed by atoms with E-state index in [1.807, 2.05) is 0 Å². The zero-order chi connectivity index (χ0) is 89.8. The molecule has 27 rings (SSSR count). The fraction of sp³-hybridized carbons (Fsp3) is 0.0698. The Kier molecular flexibility index (Phi) is 17.1. The largest absolute Gasteiger partial charge is 0.310 e. The molecule has 20 aromatic carbocycles. The third kappa shape index (κ3) is 11.9. The molecule has 0 unspecified atom stereocenters. The Bertz CT molecular complexity index is 8990. The number of benzene rings is 20. The minimum Gasteiger partial charge on any atom is -0.310 e. The molecule has 135 heavy (non-hydrogen) atoms. The highest BCUT2D eigenvalue weighted by Crippen LogP contribution is 2.57. The van der Waals surface area contributed by atoms with E-state index in [0.717, 1.165) is 62.3 Å². The molecular weight excluding hydrogens is 1630 g/mol. The molecule has 0 saturated heterocycles. The Morgan fingerprint density at radius 2 is 0.422 bits per heavy atom. The lowest BCUT2D eigenvalue weighted by molar-refractivity contribution is 0.659. The van der Waals surface area contributed by atoms with Crippen LogP contribution in [0.25, 0.3) is 188 Å².